The molecule has 0 aliphatic heterocycles. The Kier molecular flexibility index (Phi) is 3.57. The summed E-state index contributed by atoms with van der Waals surface area (Å²) < 4.78 is 0. The number of carbonyl (C=O) groups is 1. The van der Waals surface area contributed by atoms with Gasteiger partial charge in [0.2, 0.25) is 0 Å². The molecule has 0 spiro atoms. The molecule has 0 amide bonds. The number of hydrogen-bond acceptors (Lipinski definition) is 2. The third kappa shape index (κ3) is 2.80. The van der Waals surface area contributed by atoms with E-state index in [4.69, 9.17) is 0 Å². The second-order valence-corrected chi connectivity index (χ2v) is 3.64. The van der Waals surface area contributed by atoms with Crippen LogP contribution < -0.4 is 0 Å². The number of allylic oxidation sites excluding steroid dienone is 2. The summed E-state index contributed by atoms with van der Waals surface area (Å²) in [7, 11) is 0. The van der Waals surface area contributed by atoms with Crippen molar-refractivity contribution in [3.63, 3.8) is 0 Å². The Morgan fingerprint density at radius 1 is 1.50 bits per heavy atom. The first-order valence-corrected chi connectivity index (χ1v) is 4.70. The quantitative estimate of drug-likeness (QED) is 0.540. The van der Waals surface area contributed by atoms with Crippen molar-refractivity contribution >= 4 is 5.78 Å². The van der Waals surface area contributed by atoms with Gasteiger partial charge in [0.25, 0.3) is 0 Å². The second kappa shape index (κ2) is 4.70. The molecule has 2 heteroatoms. The lowest BCUT2D eigenvalue weighted by Gasteiger charge is -2.05. The molecule has 14 heavy (non-hydrogen) atoms. The summed E-state index contributed by atoms with van der Waals surface area (Å²) in [5.74, 6) is 0.0588. The van der Waals surface area contributed by atoms with Crippen LogP contribution in [0.5, 0.6) is 0 Å². The van der Waals surface area contributed by atoms with Gasteiger partial charge >= 0.3 is 0 Å². The van der Waals surface area contributed by atoms with Gasteiger partial charge in [0.15, 0.2) is 5.78 Å². The van der Waals surface area contributed by atoms with Crippen LogP contribution in [0.1, 0.15) is 31.1 Å². The molecule has 0 aliphatic rings. The van der Waals surface area contributed by atoms with Crippen LogP contribution >= 0.6 is 0 Å². The van der Waals surface area contributed by atoms with Crippen molar-refractivity contribution in [2.75, 3.05) is 0 Å². The number of carbonyl (C=O) groups excluding carboxylic acids is 1. The Balaban J connectivity index is 2.82. The van der Waals surface area contributed by atoms with Gasteiger partial charge in [-0.25, -0.2) is 0 Å². The molecule has 1 atom stereocenters. The van der Waals surface area contributed by atoms with E-state index >= 15 is 0 Å². The lowest BCUT2D eigenvalue weighted by molar-refractivity contribution is 0.0952. The van der Waals surface area contributed by atoms with E-state index in [0.717, 1.165) is 5.57 Å². The normalized spacial score (nSPS) is 11.9. The van der Waals surface area contributed by atoms with Crippen LogP contribution in [-0.4, -0.2) is 10.8 Å². The lowest BCUT2D eigenvalue weighted by Crippen LogP contribution is -2.09. The number of aromatic nitrogens is 1. The van der Waals surface area contributed by atoms with Gasteiger partial charge in [0.05, 0.1) is 0 Å². The zero-order valence-electron chi connectivity index (χ0n) is 8.82. The van der Waals surface area contributed by atoms with Crippen LogP contribution in [0.25, 0.3) is 0 Å². The maximum atomic E-state index is 11.8. The van der Waals surface area contributed by atoms with E-state index in [1.165, 1.54) is 0 Å². The predicted molar refractivity (Wildman–Crippen MR) is 57.2 cm³/mol. The average Bonchev–Trinajstić information content (AvgIpc) is 2.17. The monoisotopic (exact) mass is 189 g/mol. The smallest absolute Gasteiger partial charge is 0.170 e. The van der Waals surface area contributed by atoms with Gasteiger partial charge in [-0.3, -0.25) is 9.78 Å². The lowest BCUT2D eigenvalue weighted by atomic mass is 9.99. The molecule has 0 saturated heterocycles. The fourth-order valence-corrected chi connectivity index (χ4v) is 1.35. The molecular weight excluding hydrogens is 174 g/mol. The van der Waals surface area contributed by atoms with E-state index in [1.807, 2.05) is 26.8 Å². The van der Waals surface area contributed by atoms with Gasteiger partial charge in [-0.2, -0.15) is 0 Å². The van der Waals surface area contributed by atoms with E-state index in [2.05, 4.69) is 4.98 Å². The molecule has 0 bridgehead atoms. The Morgan fingerprint density at radius 3 is 2.71 bits per heavy atom. The minimum atomic E-state index is -0.0656. The Bertz CT molecular complexity index is 337. The SMILES string of the molecule is CC(C)=C[C@@H](C)C(=O)c1cccnc1. The zero-order valence-corrected chi connectivity index (χ0v) is 8.82. The largest absolute Gasteiger partial charge is 0.293 e. The molecule has 1 rings (SSSR count). The van der Waals surface area contributed by atoms with Crippen LogP contribution in [0.4, 0.5) is 0 Å². The van der Waals surface area contributed by atoms with Gasteiger partial charge in [-0.05, 0) is 26.0 Å². The number of pyridine rings is 1. The highest BCUT2D eigenvalue weighted by Gasteiger charge is 2.12. The van der Waals surface area contributed by atoms with E-state index in [0.29, 0.717) is 5.56 Å². The minimum Gasteiger partial charge on any atom is -0.293 e. The Hall–Kier alpha value is -1.44. The van der Waals surface area contributed by atoms with Crippen molar-refractivity contribution in [2.45, 2.75) is 20.8 Å². The van der Waals surface area contributed by atoms with Gasteiger partial charge in [0, 0.05) is 23.9 Å². The van der Waals surface area contributed by atoms with Crippen molar-refractivity contribution in [3.8, 4) is 0 Å². The fourth-order valence-electron chi connectivity index (χ4n) is 1.35. The number of rotatable bonds is 3. The molecule has 1 aromatic heterocycles. The third-order valence-corrected chi connectivity index (χ3v) is 1.94. The molecule has 0 N–H and O–H groups in total. The van der Waals surface area contributed by atoms with Crippen LogP contribution in [0.2, 0.25) is 0 Å². The van der Waals surface area contributed by atoms with Gasteiger partial charge in [-0.1, -0.05) is 18.6 Å². The summed E-state index contributed by atoms with van der Waals surface area (Å²) in [6.07, 6.45) is 5.25. The van der Waals surface area contributed by atoms with Gasteiger partial charge in [0.1, 0.15) is 0 Å². The van der Waals surface area contributed by atoms with Crippen molar-refractivity contribution in [2.24, 2.45) is 5.92 Å². The summed E-state index contributed by atoms with van der Waals surface area (Å²) in [6.45, 7) is 5.89. The molecule has 0 saturated carbocycles. The molecule has 74 valence electrons. The zero-order chi connectivity index (χ0) is 10.6. The molecule has 2 nitrogen and oxygen atoms in total. The highest BCUT2D eigenvalue weighted by Crippen LogP contribution is 2.10. The standard InChI is InChI=1S/C12H15NO/c1-9(2)7-10(3)12(14)11-5-4-6-13-8-11/h4-8,10H,1-3H3/t10-/m1/s1. The number of hydrogen-bond donors (Lipinski definition) is 0. The minimum absolute atomic E-state index is 0.0656. The van der Waals surface area contributed by atoms with E-state index < -0.39 is 0 Å². The van der Waals surface area contributed by atoms with Crippen molar-refractivity contribution < 1.29 is 4.79 Å². The molecule has 0 aromatic carbocycles. The molecule has 1 aromatic rings. The molecule has 1 heterocycles. The number of ketones is 1. The molecule has 0 radical (unpaired) electrons. The number of Topliss-reactive ketones (excluding diaryl/α,β-unsaturated/α-hetero) is 1. The topological polar surface area (TPSA) is 30.0 Å². The average molecular weight is 189 g/mol. The maximum absolute atomic E-state index is 11.8. The predicted octanol–water partition coefficient (Wildman–Crippen LogP) is 2.87. The number of nitrogens with zero attached hydrogens (tertiary/aromatic N) is 1. The van der Waals surface area contributed by atoms with Crippen molar-refractivity contribution in [1.82, 2.24) is 4.98 Å². The Morgan fingerprint density at radius 2 is 2.21 bits per heavy atom. The van der Waals surface area contributed by atoms with Crippen LogP contribution in [0.3, 0.4) is 0 Å². The van der Waals surface area contributed by atoms with Crippen LogP contribution in [0.15, 0.2) is 36.2 Å². The van der Waals surface area contributed by atoms with Gasteiger partial charge in [-0.15, -0.1) is 0 Å². The van der Waals surface area contributed by atoms with Crippen molar-refractivity contribution in [1.29, 1.82) is 0 Å². The molecular formula is C12H15NO. The van der Waals surface area contributed by atoms with E-state index in [9.17, 15) is 4.79 Å². The van der Waals surface area contributed by atoms with E-state index in [-0.39, 0.29) is 11.7 Å². The Labute approximate surface area is 84.7 Å². The summed E-state index contributed by atoms with van der Waals surface area (Å²) in [6, 6.07) is 3.58. The molecule has 0 aliphatic carbocycles. The summed E-state index contributed by atoms with van der Waals surface area (Å²) in [5.41, 5.74) is 1.84. The summed E-state index contributed by atoms with van der Waals surface area (Å²) in [4.78, 5) is 15.7. The van der Waals surface area contributed by atoms with Crippen LogP contribution in [0, 0.1) is 5.92 Å². The second-order valence-electron chi connectivity index (χ2n) is 3.64. The highest BCUT2D eigenvalue weighted by molar-refractivity contribution is 5.98. The maximum Gasteiger partial charge on any atom is 0.170 e. The third-order valence-electron chi connectivity index (χ3n) is 1.94. The van der Waals surface area contributed by atoms with Crippen LogP contribution in [-0.2, 0) is 0 Å². The summed E-state index contributed by atoms with van der Waals surface area (Å²) in [5, 5.41) is 0. The van der Waals surface area contributed by atoms with Crippen molar-refractivity contribution in [3.05, 3.63) is 41.7 Å². The fraction of sp³-hybridized carbons (Fsp3) is 0.333. The molecule has 0 unspecified atom stereocenters. The summed E-state index contributed by atoms with van der Waals surface area (Å²) >= 11 is 0. The highest BCUT2D eigenvalue weighted by atomic mass is 16.1. The first kappa shape index (κ1) is 10.6. The molecule has 0 fully saturated rings. The first-order valence-electron chi connectivity index (χ1n) is 4.70. The van der Waals surface area contributed by atoms with Gasteiger partial charge < -0.3 is 0 Å². The first-order chi connectivity index (χ1) is 6.61. The van der Waals surface area contributed by atoms with E-state index in [1.54, 1.807) is 24.5 Å².